The van der Waals surface area contributed by atoms with Gasteiger partial charge in [0.1, 0.15) is 31.8 Å². The number of carbonyl (C=O) groups is 4. The van der Waals surface area contributed by atoms with Crippen molar-refractivity contribution in [1.29, 1.82) is 0 Å². The monoisotopic (exact) mass is 400 g/mol. The fourth-order valence-corrected chi connectivity index (χ4v) is 1.96. The molecule has 150 valence electrons. The van der Waals surface area contributed by atoms with Crippen molar-refractivity contribution in [2.75, 3.05) is 38.4 Å². The molecule has 0 atom stereocenters. The summed E-state index contributed by atoms with van der Waals surface area (Å²) in [6, 6.07) is 0. The van der Waals surface area contributed by atoms with Crippen LogP contribution in [-0.4, -0.2) is 62.3 Å². The Morgan fingerprint density at radius 1 is 0.778 bits per heavy atom. The molecule has 0 bridgehead atoms. The fraction of sp³-hybridized carbons (Fsp3) is 0.444. The maximum Gasteiger partial charge on any atom is 0.330 e. The normalized spacial score (nSPS) is 10.3. The molecule has 0 heterocycles. The lowest BCUT2D eigenvalue weighted by Crippen LogP contribution is -2.43. The van der Waals surface area contributed by atoms with Crippen molar-refractivity contribution in [3.05, 3.63) is 38.0 Å². The van der Waals surface area contributed by atoms with Gasteiger partial charge in [0, 0.05) is 24.0 Å². The highest BCUT2D eigenvalue weighted by molar-refractivity contribution is 7.98. The van der Waals surface area contributed by atoms with Gasteiger partial charge in [-0.15, -0.1) is 0 Å². The van der Waals surface area contributed by atoms with E-state index >= 15 is 0 Å². The second kappa shape index (κ2) is 13.6. The molecule has 0 amide bonds. The Morgan fingerprint density at radius 2 is 1.15 bits per heavy atom. The SMILES string of the molecule is C=CC(=O)OCC(COC(=O)C=C)(COC(=O)C=C)COC(=O)CCSC. The number of hydrogen-bond acceptors (Lipinski definition) is 9. The van der Waals surface area contributed by atoms with E-state index in [0.29, 0.717) is 5.75 Å². The topological polar surface area (TPSA) is 105 Å². The van der Waals surface area contributed by atoms with Crippen LogP contribution < -0.4 is 0 Å². The van der Waals surface area contributed by atoms with E-state index in [0.717, 1.165) is 18.2 Å². The summed E-state index contributed by atoms with van der Waals surface area (Å²) in [4.78, 5) is 46.1. The molecule has 0 saturated carbocycles. The summed E-state index contributed by atoms with van der Waals surface area (Å²) in [5, 5.41) is 0. The first-order chi connectivity index (χ1) is 12.8. The Kier molecular flexibility index (Phi) is 12.3. The highest BCUT2D eigenvalue weighted by atomic mass is 32.2. The lowest BCUT2D eigenvalue weighted by Gasteiger charge is -2.31. The molecule has 0 aromatic heterocycles. The zero-order valence-electron chi connectivity index (χ0n) is 15.3. The summed E-state index contributed by atoms with van der Waals surface area (Å²) in [5.74, 6) is -2.14. The quantitative estimate of drug-likeness (QED) is 0.243. The van der Waals surface area contributed by atoms with E-state index in [4.69, 9.17) is 18.9 Å². The van der Waals surface area contributed by atoms with Gasteiger partial charge in [0.25, 0.3) is 0 Å². The predicted molar refractivity (Wildman–Crippen MR) is 99.9 cm³/mol. The van der Waals surface area contributed by atoms with Crippen molar-refractivity contribution in [2.24, 2.45) is 5.41 Å². The van der Waals surface area contributed by atoms with Crippen LogP contribution in [-0.2, 0) is 38.1 Å². The zero-order chi connectivity index (χ0) is 20.7. The summed E-state index contributed by atoms with van der Waals surface area (Å²) < 4.78 is 20.2. The minimum atomic E-state index is -1.30. The van der Waals surface area contributed by atoms with Crippen LogP contribution in [0.25, 0.3) is 0 Å². The molecule has 0 radical (unpaired) electrons. The van der Waals surface area contributed by atoms with Crippen molar-refractivity contribution in [3.63, 3.8) is 0 Å². The van der Waals surface area contributed by atoms with E-state index in [1.807, 2.05) is 6.26 Å². The Bertz CT molecular complexity index is 510. The van der Waals surface area contributed by atoms with Crippen molar-refractivity contribution in [3.8, 4) is 0 Å². The van der Waals surface area contributed by atoms with Crippen LogP contribution in [0.2, 0.25) is 0 Å². The van der Waals surface area contributed by atoms with E-state index in [2.05, 4.69) is 19.7 Å². The van der Waals surface area contributed by atoms with Crippen LogP contribution in [0.3, 0.4) is 0 Å². The highest BCUT2D eigenvalue weighted by Gasteiger charge is 2.37. The minimum absolute atomic E-state index is 0.169. The van der Waals surface area contributed by atoms with Crippen LogP contribution in [0.1, 0.15) is 6.42 Å². The van der Waals surface area contributed by atoms with Crippen LogP contribution in [0.5, 0.6) is 0 Å². The molecule has 0 aromatic carbocycles. The van der Waals surface area contributed by atoms with E-state index < -0.39 is 29.3 Å². The molecular formula is C18H24O8S. The molecule has 0 aliphatic carbocycles. The maximum atomic E-state index is 11.8. The van der Waals surface area contributed by atoms with Crippen LogP contribution in [0.15, 0.2) is 38.0 Å². The maximum absolute atomic E-state index is 11.8. The Labute approximate surface area is 162 Å². The lowest BCUT2D eigenvalue weighted by atomic mass is 9.92. The second-order valence-corrected chi connectivity index (χ2v) is 6.32. The first kappa shape index (κ1) is 24.5. The molecular weight excluding hydrogens is 376 g/mol. The van der Waals surface area contributed by atoms with Crippen LogP contribution in [0.4, 0.5) is 0 Å². The van der Waals surface area contributed by atoms with Gasteiger partial charge in [0.2, 0.25) is 0 Å². The Balaban J connectivity index is 5.32. The first-order valence-corrected chi connectivity index (χ1v) is 9.24. The molecule has 8 nitrogen and oxygen atoms in total. The van der Waals surface area contributed by atoms with Gasteiger partial charge in [-0.25, -0.2) is 14.4 Å². The molecule has 27 heavy (non-hydrogen) atoms. The third-order valence-corrected chi connectivity index (χ3v) is 3.72. The van der Waals surface area contributed by atoms with Gasteiger partial charge in [0.15, 0.2) is 0 Å². The zero-order valence-corrected chi connectivity index (χ0v) is 16.1. The molecule has 9 heteroatoms. The summed E-state index contributed by atoms with van der Waals surface area (Å²) in [6.07, 6.45) is 4.85. The van der Waals surface area contributed by atoms with Gasteiger partial charge in [-0.1, -0.05) is 19.7 Å². The van der Waals surface area contributed by atoms with Crippen molar-refractivity contribution in [1.82, 2.24) is 0 Å². The number of hydrogen-bond donors (Lipinski definition) is 0. The molecule has 0 aliphatic heterocycles. The first-order valence-electron chi connectivity index (χ1n) is 7.84. The molecule has 0 spiro atoms. The standard InChI is InChI=1S/C18H24O8S/c1-5-14(19)23-10-18(11-24-15(20)6-2,12-25-16(21)7-3)13-26-17(22)8-9-27-4/h5-7H,1-3,8-13H2,4H3. The number of rotatable bonds is 14. The second-order valence-electron chi connectivity index (χ2n) is 5.34. The van der Waals surface area contributed by atoms with Crippen LogP contribution >= 0.6 is 11.8 Å². The van der Waals surface area contributed by atoms with Gasteiger partial charge in [-0.3, -0.25) is 4.79 Å². The smallest absolute Gasteiger partial charge is 0.330 e. The van der Waals surface area contributed by atoms with Crippen molar-refractivity contribution < 1.29 is 38.1 Å². The van der Waals surface area contributed by atoms with Crippen molar-refractivity contribution >= 4 is 35.6 Å². The summed E-state index contributed by atoms with van der Waals surface area (Å²) in [7, 11) is 0. The molecule has 0 aromatic rings. The summed E-state index contributed by atoms with van der Waals surface area (Å²) in [5.41, 5.74) is -1.30. The van der Waals surface area contributed by atoms with Crippen LogP contribution in [0, 0.1) is 5.41 Å². The molecule has 0 unspecified atom stereocenters. The number of ether oxygens (including phenoxy) is 4. The molecule has 0 fully saturated rings. The van der Waals surface area contributed by atoms with Gasteiger partial charge >= 0.3 is 23.9 Å². The van der Waals surface area contributed by atoms with Crippen molar-refractivity contribution in [2.45, 2.75) is 6.42 Å². The number of esters is 4. The van der Waals surface area contributed by atoms with E-state index in [-0.39, 0.29) is 32.8 Å². The Hall–Kier alpha value is -2.55. The average molecular weight is 400 g/mol. The van der Waals surface area contributed by atoms with Gasteiger partial charge in [-0.05, 0) is 6.26 Å². The third kappa shape index (κ3) is 10.9. The number of carbonyl (C=O) groups excluding carboxylic acids is 4. The van der Waals surface area contributed by atoms with Gasteiger partial charge < -0.3 is 18.9 Å². The van der Waals surface area contributed by atoms with E-state index in [1.165, 1.54) is 11.8 Å². The highest BCUT2D eigenvalue weighted by Crippen LogP contribution is 2.22. The summed E-state index contributed by atoms with van der Waals surface area (Å²) in [6.45, 7) is 8.51. The fourth-order valence-electron chi connectivity index (χ4n) is 1.59. The Morgan fingerprint density at radius 3 is 1.48 bits per heavy atom. The average Bonchev–Trinajstić information content (AvgIpc) is 2.69. The largest absolute Gasteiger partial charge is 0.465 e. The van der Waals surface area contributed by atoms with E-state index in [9.17, 15) is 19.2 Å². The van der Waals surface area contributed by atoms with E-state index in [1.54, 1.807) is 0 Å². The molecule has 0 aliphatic rings. The lowest BCUT2D eigenvalue weighted by molar-refractivity contribution is -0.165. The molecule has 0 N–H and O–H groups in total. The van der Waals surface area contributed by atoms with Gasteiger partial charge in [-0.2, -0.15) is 11.8 Å². The van der Waals surface area contributed by atoms with Gasteiger partial charge in [0.05, 0.1) is 6.42 Å². The minimum Gasteiger partial charge on any atom is -0.465 e. The third-order valence-electron chi connectivity index (χ3n) is 3.11. The predicted octanol–water partition coefficient (Wildman–Crippen LogP) is 1.46. The molecule has 0 saturated heterocycles. The summed E-state index contributed by atoms with van der Waals surface area (Å²) >= 11 is 1.47. The molecule has 0 rings (SSSR count). The number of thioether (sulfide) groups is 1.